The lowest BCUT2D eigenvalue weighted by molar-refractivity contribution is -0.137. The number of benzene rings is 1. The number of nitrogens with two attached hydrogens (primary N) is 1. The highest BCUT2D eigenvalue weighted by Gasteiger charge is 2.30. The van der Waals surface area contributed by atoms with Gasteiger partial charge >= 0.3 is 6.18 Å². The summed E-state index contributed by atoms with van der Waals surface area (Å²) in [7, 11) is 1.70. The minimum Gasteiger partial charge on any atom is -0.439 e. The molecule has 0 atom stereocenters. The maximum Gasteiger partial charge on any atom is 0.417 e. The van der Waals surface area contributed by atoms with Crippen LogP contribution in [-0.2, 0) is 6.18 Å². The fourth-order valence-corrected chi connectivity index (χ4v) is 2.39. The summed E-state index contributed by atoms with van der Waals surface area (Å²) < 4.78 is 43.0. The van der Waals surface area contributed by atoms with E-state index in [0.717, 1.165) is 12.1 Å². The molecule has 2 N–H and O–H groups in total. The van der Waals surface area contributed by atoms with Crippen LogP contribution < -0.4 is 10.5 Å². The average molecular weight is 381 g/mol. The molecule has 0 saturated carbocycles. The lowest BCUT2D eigenvalue weighted by atomic mass is 9.93. The molecule has 1 aromatic heterocycles. The molecular weight excluding hydrogens is 359 g/mol. The predicted octanol–water partition coefficient (Wildman–Crippen LogP) is 3.95. The Bertz CT molecular complexity index is 772. The number of halogens is 3. The fourth-order valence-electron chi connectivity index (χ4n) is 2.39. The second-order valence-corrected chi connectivity index (χ2v) is 7.04. The number of amides is 1. The molecule has 2 rings (SSSR count). The van der Waals surface area contributed by atoms with Gasteiger partial charge in [-0.05, 0) is 42.3 Å². The smallest absolute Gasteiger partial charge is 0.417 e. The Morgan fingerprint density at radius 1 is 1.15 bits per heavy atom. The molecule has 0 saturated heterocycles. The van der Waals surface area contributed by atoms with E-state index in [9.17, 15) is 18.0 Å². The number of hydrogen-bond acceptors (Lipinski definition) is 4. The molecule has 0 radical (unpaired) electrons. The molecule has 27 heavy (non-hydrogen) atoms. The molecule has 1 heterocycles. The number of nitrogens with zero attached hydrogens (tertiary/aromatic N) is 2. The van der Waals surface area contributed by atoms with Crippen LogP contribution in [0.4, 0.5) is 13.2 Å². The van der Waals surface area contributed by atoms with Crippen LogP contribution in [0, 0.1) is 5.41 Å². The Hall–Kier alpha value is -2.61. The number of hydrogen-bond donors (Lipinski definition) is 1. The van der Waals surface area contributed by atoms with Gasteiger partial charge in [-0.15, -0.1) is 0 Å². The summed E-state index contributed by atoms with van der Waals surface area (Å²) >= 11 is 0. The number of carbonyl (C=O) groups is 1. The van der Waals surface area contributed by atoms with Gasteiger partial charge in [0, 0.05) is 31.4 Å². The normalized spacial score (nSPS) is 12.0. The first-order valence-corrected chi connectivity index (χ1v) is 8.28. The van der Waals surface area contributed by atoms with E-state index >= 15 is 0 Å². The highest BCUT2D eigenvalue weighted by Crippen LogP contribution is 2.30. The van der Waals surface area contributed by atoms with Gasteiger partial charge in [0.1, 0.15) is 5.75 Å². The molecule has 1 aromatic carbocycles. The maximum atomic E-state index is 12.5. The molecule has 146 valence electrons. The Kier molecular flexibility index (Phi) is 6.10. The van der Waals surface area contributed by atoms with Gasteiger partial charge in [-0.1, -0.05) is 13.8 Å². The van der Waals surface area contributed by atoms with E-state index in [0.29, 0.717) is 30.6 Å². The molecule has 0 aliphatic rings. The van der Waals surface area contributed by atoms with Crippen LogP contribution in [0.2, 0.25) is 0 Å². The van der Waals surface area contributed by atoms with Gasteiger partial charge in [0.2, 0.25) is 5.88 Å². The van der Waals surface area contributed by atoms with Gasteiger partial charge in [0.15, 0.2) is 0 Å². The van der Waals surface area contributed by atoms with Gasteiger partial charge < -0.3 is 15.4 Å². The van der Waals surface area contributed by atoms with Crippen molar-refractivity contribution in [3.63, 3.8) is 0 Å². The minimum atomic E-state index is -4.45. The van der Waals surface area contributed by atoms with Gasteiger partial charge in [-0.25, -0.2) is 4.98 Å². The van der Waals surface area contributed by atoms with Crippen LogP contribution in [0.5, 0.6) is 11.6 Å². The largest absolute Gasteiger partial charge is 0.439 e. The number of pyridine rings is 1. The van der Waals surface area contributed by atoms with E-state index in [-0.39, 0.29) is 17.2 Å². The summed E-state index contributed by atoms with van der Waals surface area (Å²) in [5.74, 6) is 0.239. The molecule has 1 amide bonds. The number of rotatable bonds is 6. The summed E-state index contributed by atoms with van der Waals surface area (Å²) in [4.78, 5) is 17.7. The van der Waals surface area contributed by atoms with E-state index < -0.39 is 11.7 Å². The topological polar surface area (TPSA) is 68.5 Å². The van der Waals surface area contributed by atoms with Gasteiger partial charge in [-0.2, -0.15) is 13.2 Å². The van der Waals surface area contributed by atoms with Gasteiger partial charge in [0.25, 0.3) is 5.91 Å². The fraction of sp³-hybridized carbons (Fsp3) is 0.368. The molecule has 0 aliphatic heterocycles. The van der Waals surface area contributed by atoms with Crippen molar-refractivity contribution in [3.8, 4) is 11.6 Å². The third-order valence-corrected chi connectivity index (χ3v) is 3.95. The zero-order valence-electron chi connectivity index (χ0n) is 15.4. The Labute approximate surface area is 155 Å². The SMILES string of the molecule is CN(CC(C)(C)CN)C(=O)c1ccc(Oc2ccc(C(F)(F)F)cn2)cc1. The number of aromatic nitrogens is 1. The number of ether oxygens (including phenoxy) is 1. The van der Waals surface area contributed by atoms with Crippen LogP contribution in [0.3, 0.4) is 0 Å². The molecule has 0 fully saturated rings. The first-order chi connectivity index (χ1) is 12.5. The van der Waals surface area contributed by atoms with Crippen LogP contribution in [0.25, 0.3) is 0 Å². The van der Waals surface area contributed by atoms with Crippen molar-refractivity contribution in [1.82, 2.24) is 9.88 Å². The maximum absolute atomic E-state index is 12.5. The van der Waals surface area contributed by atoms with Crippen molar-refractivity contribution < 1.29 is 22.7 Å². The third kappa shape index (κ3) is 5.68. The van der Waals surface area contributed by atoms with E-state index in [4.69, 9.17) is 10.5 Å². The van der Waals surface area contributed by atoms with Crippen molar-refractivity contribution in [1.29, 1.82) is 0 Å². The van der Waals surface area contributed by atoms with Crippen molar-refractivity contribution in [2.75, 3.05) is 20.1 Å². The average Bonchev–Trinajstić information content (AvgIpc) is 2.61. The molecule has 5 nitrogen and oxygen atoms in total. The van der Waals surface area contributed by atoms with Crippen molar-refractivity contribution in [2.45, 2.75) is 20.0 Å². The van der Waals surface area contributed by atoms with Crippen LogP contribution in [-0.4, -0.2) is 35.9 Å². The Balaban J connectivity index is 2.03. The van der Waals surface area contributed by atoms with E-state index in [1.54, 1.807) is 36.2 Å². The first kappa shape index (κ1) is 20.7. The quantitative estimate of drug-likeness (QED) is 0.823. The molecule has 0 aliphatic carbocycles. The predicted molar refractivity (Wildman–Crippen MR) is 95.6 cm³/mol. The first-order valence-electron chi connectivity index (χ1n) is 8.28. The van der Waals surface area contributed by atoms with E-state index in [2.05, 4.69) is 4.98 Å². The Morgan fingerprint density at radius 3 is 2.26 bits per heavy atom. The van der Waals surface area contributed by atoms with Crippen LogP contribution in [0.15, 0.2) is 42.6 Å². The zero-order valence-corrected chi connectivity index (χ0v) is 15.4. The molecule has 8 heteroatoms. The monoisotopic (exact) mass is 381 g/mol. The number of alkyl halides is 3. The molecular formula is C19H22F3N3O2. The third-order valence-electron chi connectivity index (χ3n) is 3.95. The summed E-state index contributed by atoms with van der Waals surface area (Å²) in [5.41, 5.74) is 5.13. The van der Waals surface area contributed by atoms with Crippen LogP contribution in [0.1, 0.15) is 29.8 Å². The zero-order chi connectivity index (χ0) is 20.2. The second kappa shape index (κ2) is 7.96. The van der Waals surface area contributed by atoms with Crippen molar-refractivity contribution in [2.24, 2.45) is 11.1 Å². The molecule has 0 spiro atoms. The Morgan fingerprint density at radius 2 is 1.78 bits per heavy atom. The molecule has 2 aromatic rings. The van der Waals surface area contributed by atoms with E-state index in [1.165, 1.54) is 0 Å². The number of carbonyl (C=O) groups excluding carboxylic acids is 1. The lowest BCUT2D eigenvalue weighted by Crippen LogP contribution is -2.39. The van der Waals surface area contributed by atoms with Crippen molar-refractivity contribution >= 4 is 5.91 Å². The summed E-state index contributed by atoms with van der Waals surface area (Å²) in [6.07, 6.45) is -3.74. The molecule has 0 unspecified atom stereocenters. The highest BCUT2D eigenvalue weighted by molar-refractivity contribution is 5.94. The standard InChI is InChI=1S/C19H22F3N3O2/c1-18(2,11-23)12-25(3)17(26)13-4-7-15(8-5-13)27-16-9-6-14(10-24-16)19(20,21)22/h4-10H,11-12,23H2,1-3H3. The summed E-state index contributed by atoms with van der Waals surface area (Å²) in [6.45, 7) is 4.92. The summed E-state index contributed by atoms with van der Waals surface area (Å²) in [6, 6.07) is 8.35. The second-order valence-electron chi connectivity index (χ2n) is 7.04. The minimum absolute atomic E-state index is 0.0314. The highest BCUT2D eigenvalue weighted by atomic mass is 19.4. The van der Waals surface area contributed by atoms with Crippen molar-refractivity contribution in [3.05, 3.63) is 53.7 Å². The van der Waals surface area contributed by atoms with Gasteiger partial charge in [0.05, 0.1) is 5.56 Å². The summed E-state index contributed by atoms with van der Waals surface area (Å²) in [5, 5.41) is 0. The van der Waals surface area contributed by atoms with Gasteiger partial charge in [-0.3, -0.25) is 4.79 Å². The molecule has 0 bridgehead atoms. The van der Waals surface area contributed by atoms with E-state index in [1.807, 2.05) is 13.8 Å². The van der Waals surface area contributed by atoms with Crippen LogP contribution >= 0.6 is 0 Å². The lowest BCUT2D eigenvalue weighted by Gasteiger charge is -2.29.